The topological polar surface area (TPSA) is 49.3 Å². The van der Waals surface area contributed by atoms with E-state index >= 15 is 0 Å². The van der Waals surface area contributed by atoms with Crippen LogP contribution >= 0.6 is 0 Å². The first-order valence-electron chi connectivity index (χ1n) is 6.16. The predicted octanol–water partition coefficient (Wildman–Crippen LogP) is 1.98. The summed E-state index contributed by atoms with van der Waals surface area (Å²) in [7, 11) is 1.52. The standard InChI is InChI=1S/C16H17NO2/c1-12-8-10-14(11-9-12)16(19,15(18)17-2)13-6-4-3-5-7-13/h3-11,19H,1-2H3,(H,17,18). The summed E-state index contributed by atoms with van der Waals surface area (Å²) in [4.78, 5) is 12.2. The highest BCUT2D eigenvalue weighted by Gasteiger charge is 2.39. The molecule has 2 rings (SSSR count). The Bertz CT molecular complexity index is 563. The molecule has 1 atom stereocenters. The minimum atomic E-state index is -1.66. The third-order valence-corrected chi connectivity index (χ3v) is 3.22. The maximum Gasteiger partial charge on any atom is 0.261 e. The first-order valence-corrected chi connectivity index (χ1v) is 6.16. The van der Waals surface area contributed by atoms with E-state index in [1.807, 2.05) is 25.1 Å². The van der Waals surface area contributed by atoms with Crippen molar-refractivity contribution in [3.8, 4) is 0 Å². The molecule has 2 aromatic carbocycles. The summed E-state index contributed by atoms with van der Waals surface area (Å²) in [5.41, 5.74) is 0.530. The van der Waals surface area contributed by atoms with Gasteiger partial charge in [-0.3, -0.25) is 4.79 Å². The number of aryl methyl sites for hydroxylation is 1. The highest BCUT2D eigenvalue weighted by Crippen LogP contribution is 2.30. The number of aliphatic hydroxyl groups is 1. The van der Waals surface area contributed by atoms with Crippen LogP contribution in [0.15, 0.2) is 54.6 Å². The molecule has 0 saturated carbocycles. The molecule has 0 aromatic heterocycles. The Labute approximate surface area is 112 Å². The Morgan fingerprint density at radius 1 is 1.00 bits per heavy atom. The van der Waals surface area contributed by atoms with Crippen molar-refractivity contribution in [1.29, 1.82) is 0 Å². The van der Waals surface area contributed by atoms with Crippen molar-refractivity contribution >= 4 is 5.91 Å². The highest BCUT2D eigenvalue weighted by atomic mass is 16.3. The van der Waals surface area contributed by atoms with Gasteiger partial charge in [-0.05, 0) is 18.1 Å². The van der Waals surface area contributed by atoms with Crippen LogP contribution in [0.25, 0.3) is 0 Å². The molecule has 0 aliphatic heterocycles. The second-order valence-corrected chi connectivity index (χ2v) is 4.52. The second kappa shape index (κ2) is 5.24. The van der Waals surface area contributed by atoms with E-state index in [0.29, 0.717) is 11.1 Å². The Balaban J connectivity index is 2.58. The fourth-order valence-corrected chi connectivity index (χ4v) is 2.08. The van der Waals surface area contributed by atoms with Gasteiger partial charge in [0.1, 0.15) is 0 Å². The normalized spacial score (nSPS) is 13.6. The van der Waals surface area contributed by atoms with Gasteiger partial charge in [0.15, 0.2) is 5.60 Å². The van der Waals surface area contributed by atoms with Crippen molar-refractivity contribution in [2.75, 3.05) is 7.05 Å². The molecule has 19 heavy (non-hydrogen) atoms. The molecule has 3 nitrogen and oxygen atoms in total. The van der Waals surface area contributed by atoms with Gasteiger partial charge >= 0.3 is 0 Å². The summed E-state index contributed by atoms with van der Waals surface area (Å²) in [5.74, 6) is -0.442. The molecule has 0 radical (unpaired) electrons. The molecular formula is C16H17NO2. The first kappa shape index (κ1) is 13.3. The molecule has 0 aliphatic rings. The van der Waals surface area contributed by atoms with E-state index < -0.39 is 11.5 Å². The largest absolute Gasteiger partial charge is 0.372 e. The van der Waals surface area contributed by atoms with E-state index in [1.54, 1.807) is 36.4 Å². The molecule has 1 amide bonds. The molecule has 2 N–H and O–H groups in total. The molecule has 2 aromatic rings. The van der Waals surface area contributed by atoms with Crippen LogP contribution in [0.1, 0.15) is 16.7 Å². The van der Waals surface area contributed by atoms with E-state index in [1.165, 1.54) is 7.05 Å². The number of amides is 1. The van der Waals surface area contributed by atoms with Gasteiger partial charge in [-0.15, -0.1) is 0 Å². The van der Waals surface area contributed by atoms with Crippen molar-refractivity contribution in [2.45, 2.75) is 12.5 Å². The fourth-order valence-electron chi connectivity index (χ4n) is 2.08. The van der Waals surface area contributed by atoms with Crippen LogP contribution in [-0.4, -0.2) is 18.1 Å². The van der Waals surface area contributed by atoms with Crippen LogP contribution in [0.3, 0.4) is 0 Å². The van der Waals surface area contributed by atoms with Crippen molar-refractivity contribution in [3.63, 3.8) is 0 Å². The van der Waals surface area contributed by atoms with Gasteiger partial charge in [0.25, 0.3) is 5.91 Å². The number of carbonyl (C=O) groups excluding carboxylic acids is 1. The van der Waals surface area contributed by atoms with Crippen LogP contribution in [0.5, 0.6) is 0 Å². The smallest absolute Gasteiger partial charge is 0.261 e. The molecule has 98 valence electrons. The van der Waals surface area contributed by atoms with Crippen molar-refractivity contribution < 1.29 is 9.90 Å². The zero-order valence-corrected chi connectivity index (χ0v) is 11.1. The number of benzene rings is 2. The van der Waals surface area contributed by atoms with Gasteiger partial charge in [0.2, 0.25) is 0 Å². The Morgan fingerprint density at radius 2 is 1.53 bits per heavy atom. The summed E-state index contributed by atoms with van der Waals surface area (Å²) >= 11 is 0. The van der Waals surface area contributed by atoms with E-state index in [2.05, 4.69) is 5.32 Å². The lowest BCUT2D eigenvalue weighted by Gasteiger charge is -2.27. The summed E-state index contributed by atoms with van der Waals surface area (Å²) in [5, 5.41) is 13.4. The monoisotopic (exact) mass is 255 g/mol. The summed E-state index contributed by atoms with van der Waals surface area (Å²) < 4.78 is 0. The maximum absolute atomic E-state index is 12.2. The molecule has 0 aliphatic carbocycles. The fraction of sp³-hybridized carbons (Fsp3) is 0.188. The average Bonchev–Trinajstić information content (AvgIpc) is 2.47. The van der Waals surface area contributed by atoms with Gasteiger partial charge in [0.05, 0.1) is 0 Å². The lowest BCUT2D eigenvalue weighted by Crippen LogP contribution is -2.43. The zero-order chi connectivity index (χ0) is 13.9. The van der Waals surface area contributed by atoms with Crippen molar-refractivity contribution in [2.24, 2.45) is 0 Å². The second-order valence-electron chi connectivity index (χ2n) is 4.52. The van der Waals surface area contributed by atoms with Gasteiger partial charge in [-0.1, -0.05) is 60.2 Å². The van der Waals surface area contributed by atoms with Crippen LogP contribution in [0, 0.1) is 6.92 Å². The van der Waals surface area contributed by atoms with Crippen molar-refractivity contribution in [3.05, 3.63) is 71.3 Å². The lowest BCUT2D eigenvalue weighted by molar-refractivity contribution is -0.136. The Morgan fingerprint density at radius 3 is 2.05 bits per heavy atom. The summed E-state index contributed by atoms with van der Waals surface area (Å²) in [6, 6.07) is 16.3. The SMILES string of the molecule is CNC(=O)C(O)(c1ccccc1)c1ccc(C)cc1. The molecule has 0 bridgehead atoms. The minimum Gasteiger partial charge on any atom is -0.372 e. The van der Waals surface area contributed by atoms with Gasteiger partial charge in [-0.2, -0.15) is 0 Å². The van der Waals surface area contributed by atoms with E-state index in [4.69, 9.17) is 0 Å². The summed E-state index contributed by atoms with van der Waals surface area (Å²) in [6.45, 7) is 1.96. The van der Waals surface area contributed by atoms with Gasteiger partial charge in [0, 0.05) is 7.05 Å². The third kappa shape index (κ3) is 2.37. The average molecular weight is 255 g/mol. The minimum absolute atomic E-state index is 0.442. The third-order valence-electron chi connectivity index (χ3n) is 3.22. The first-order chi connectivity index (χ1) is 9.09. The molecule has 0 heterocycles. The van der Waals surface area contributed by atoms with Gasteiger partial charge < -0.3 is 10.4 Å². The number of likely N-dealkylation sites (N-methyl/N-ethyl adjacent to an activating group) is 1. The van der Waals surface area contributed by atoms with Crippen LogP contribution in [0.2, 0.25) is 0 Å². The molecular weight excluding hydrogens is 238 g/mol. The zero-order valence-electron chi connectivity index (χ0n) is 11.1. The number of nitrogens with one attached hydrogen (secondary N) is 1. The van der Waals surface area contributed by atoms with Crippen LogP contribution in [0.4, 0.5) is 0 Å². The molecule has 0 spiro atoms. The van der Waals surface area contributed by atoms with E-state index in [0.717, 1.165) is 5.56 Å². The highest BCUT2D eigenvalue weighted by molar-refractivity contribution is 5.89. The molecule has 3 heteroatoms. The van der Waals surface area contributed by atoms with E-state index in [-0.39, 0.29) is 0 Å². The molecule has 0 fully saturated rings. The van der Waals surface area contributed by atoms with Crippen LogP contribution in [-0.2, 0) is 10.4 Å². The van der Waals surface area contributed by atoms with E-state index in [9.17, 15) is 9.90 Å². The van der Waals surface area contributed by atoms with Gasteiger partial charge in [-0.25, -0.2) is 0 Å². The Kier molecular flexibility index (Phi) is 3.67. The number of hydrogen-bond acceptors (Lipinski definition) is 2. The Hall–Kier alpha value is -2.13. The quantitative estimate of drug-likeness (QED) is 0.881. The molecule has 1 unspecified atom stereocenters. The maximum atomic E-state index is 12.2. The van der Waals surface area contributed by atoms with Crippen molar-refractivity contribution in [1.82, 2.24) is 5.32 Å². The number of rotatable bonds is 3. The number of hydrogen-bond donors (Lipinski definition) is 2. The predicted molar refractivity (Wildman–Crippen MR) is 74.7 cm³/mol. The lowest BCUT2D eigenvalue weighted by atomic mass is 9.85. The summed E-state index contributed by atoms with van der Waals surface area (Å²) in [6.07, 6.45) is 0. The van der Waals surface area contributed by atoms with Crippen LogP contribution < -0.4 is 5.32 Å². The number of carbonyl (C=O) groups is 1. The molecule has 0 saturated heterocycles.